The second-order valence-corrected chi connectivity index (χ2v) is 8.98. The molecule has 2 aliphatic rings. The Morgan fingerprint density at radius 1 is 1.07 bits per heavy atom. The highest BCUT2D eigenvalue weighted by Gasteiger charge is 2.32. The molecule has 154 valence electrons. The Morgan fingerprint density at radius 3 is 2.41 bits per heavy atom. The second-order valence-electron chi connectivity index (χ2n) is 8.98. The fraction of sp³-hybridized carbons (Fsp3) is 0.500. The highest BCUT2D eigenvalue weighted by molar-refractivity contribution is 5.77. The zero-order chi connectivity index (χ0) is 20.5. The predicted molar refractivity (Wildman–Crippen MR) is 114 cm³/mol. The van der Waals surface area contributed by atoms with E-state index >= 15 is 4.39 Å². The van der Waals surface area contributed by atoms with Gasteiger partial charge in [0.1, 0.15) is 0 Å². The Labute approximate surface area is 173 Å². The van der Waals surface area contributed by atoms with E-state index in [0.717, 1.165) is 43.2 Å². The van der Waals surface area contributed by atoms with Gasteiger partial charge in [-0.3, -0.25) is 4.79 Å². The zero-order valence-corrected chi connectivity index (χ0v) is 17.7. The largest absolute Gasteiger partial charge is 0.423 e. The molecular formula is C26H31FO2. The Bertz CT molecular complexity index is 878. The molecule has 0 radical (unpaired) electrons. The number of hydrogen-bond acceptors (Lipinski definition) is 2. The molecular weight excluding hydrogens is 363 g/mol. The minimum Gasteiger partial charge on any atom is -0.423 e. The van der Waals surface area contributed by atoms with Crippen molar-refractivity contribution in [2.24, 2.45) is 11.8 Å². The van der Waals surface area contributed by atoms with Crippen molar-refractivity contribution in [3.8, 4) is 5.75 Å². The van der Waals surface area contributed by atoms with E-state index in [1.165, 1.54) is 11.1 Å². The molecule has 2 unspecified atom stereocenters. The molecule has 0 N–H and O–H groups in total. The number of carbonyl (C=O) groups is 1. The number of benzene rings is 2. The van der Waals surface area contributed by atoms with Crippen LogP contribution in [0, 0.1) is 17.7 Å². The van der Waals surface area contributed by atoms with Crippen molar-refractivity contribution in [1.82, 2.24) is 0 Å². The van der Waals surface area contributed by atoms with Crippen LogP contribution in [0.25, 0.3) is 0 Å². The van der Waals surface area contributed by atoms with Crippen LogP contribution in [-0.2, 0) is 17.6 Å². The summed E-state index contributed by atoms with van der Waals surface area (Å²) in [6.07, 6.45) is 5.82. The first-order chi connectivity index (χ1) is 14.0. The smallest absolute Gasteiger partial charge is 0.314 e. The summed E-state index contributed by atoms with van der Waals surface area (Å²) in [5, 5.41) is 0. The molecule has 2 atom stereocenters. The maximum atomic E-state index is 15.2. The maximum Gasteiger partial charge on any atom is 0.314 e. The summed E-state index contributed by atoms with van der Waals surface area (Å²) in [4.78, 5) is 11.9. The zero-order valence-electron chi connectivity index (χ0n) is 17.7. The number of fused-ring (bicyclic) bond motifs is 1. The maximum absolute atomic E-state index is 15.2. The van der Waals surface area contributed by atoms with Gasteiger partial charge in [-0.05, 0) is 78.5 Å². The molecule has 0 amide bonds. The Balaban J connectivity index is 1.44. The average molecular weight is 395 g/mol. The molecule has 1 aliphatic carbocycles. The molecule has 0 aromatic heterocycles. The first-order valence-corrected chi connectivity index (χ1v) is 11.1. The van der Waals surface area contributed by atoms with Crippen LogP contribution in [-0.4, -0.2) is 5.97 Å². The lowest BCUT2D eigenvalue weighted by Crippen LogP contribution is -2.26. The third kappa shape index (κ3) is 3.97. The molecule has 29 heavy (non-hydrogen) atoms. The SMILES string of the molecule is CCc1ccc(C(C)C2CCC(c3ccc4c(c3F)OC(=O)C(C)C4)CC2)cc1. The first kappa shape index (κ1) is 20.1. The molecule has 0 saturated heterocycles. The number of halogens is 1. The van der Waals surface area contributed by atoms with Crippen LogP contribution in [0.15, 0.2) is 36.4 Å². The Morgan fingerprint density at radius 2 is 1.76 bits per heavy atom. The molecule has 1 saturated carbocycles. The molecule has 2 aromatic rings. The van der Waals surface area contributed by atoms with E-state index in [1.54, 1.807) is 0 Å². The lowest BCUT2D eigenvalue weighted by molar-refractivity contribution is -0.139. The molecule has 0 bridgehead atoms. The summed E-state index contributed by atoms with van der Waals surface area (Å²) in [5.41, 5.74) is 4.33. The summed E-state index contributed by atoms with van der Waals surface area (Å²) in [5.74, 6) is 0.725. The number of carbonyl (C=O) groups excluding carboxylic acids is 1. The van der Waals surface area contributed by atoms with Crippen molar-refractivity contribution in [3.05, 3.63) is 64.5 Å². The van der Waals surface area contributed by atoms with Gasteiger partial charge in [0.15, 0.2) is 11.6 Å². The number of hydrogen-bond donors (Lipinski definition) is 0. The van der Waals surface area contributed by atoms with Gasteiger partial charge in [-0.2, -0.15) is 0 Å². The van der Waals surface area contributed by atoms with E-state index in [2.05, 4.69) is 38.1 Å². The Hall–Kier alpha value is -2.16. The molecule has 1 aliphatic heterocycles. The second kappa shape index (κ2) is 8.30. The van der Waals surface area contributed by atoms with Gasteiger partial charge in [-0.15, -0.1) is 0 Å². The monoisotopic (exact) mass is 394 g/mol. The molecule has 2 nitrogen and oxygen atoms in total. The normalized spacial score (nSPS) is 25.2. The quantitative estimate of drug-likeness (QED) is 0.433. The highest BCUT2D eigenvalue weighted by atomic mass is 19.1. The van der Waals surface area contributed by atoms with Crippen LogP contribution in [0.3, 0.4) is 0 Å². The molecule has 0 spiro atoms. The first-order valence-electron chi connectivity index (χ1n) is 11.1. The number of ether oxygens (including phenoxy) is 1. The molecule has 4 rings (SSSR count). The van der Waals surface area contributed by atoms with E-state index in [9.17, 15) is 4.79 Å². The van der Waals surface area contributed by atoms with Crippen molar-refractivity contribution >= 4 is 5.97 Å². The standard InChI is InChI=1S/C26H31FO2/c1-4-18-5-7-19(8-6-18)17(3)20-9-11-21(12-10-20)23-14-13-22-15-16(2)26(28)29-25(22)24(23)27/h5-8,13-14,16-17,20-21H,4,9-12,15H2,1-3H3. The summed E-state index contributed by atoms with van der Waals surface area (Å²) in [6, 6.07) is 12.9. The topological polar surface area (TPSA) is 26.3 Å². The summed E-state index contributed by atoms with van der Waals surface area (Å²) >= 11 is 0. The number of rotatable bonds is 4. The molecule has 1 fully saturated rings. The van der Waals surface area contributed by atoms with Gasteiger partial charge in [0.2, 0.25) is 0 Å². The van der Waals surface area contributed by atoms with Gasteiger partial charge < -0.3 is 4.74 Å². The van der Waals surface area contributed by atoms with E-state index in [4.69, 9.17) is 4.74 Å². The van der Waals surface area contributed by atoms with Crippen LogP contribution < -0.4 is 4.74 Å². The number of esters is 1. The fourth-order valence-corrected chi connectivity index (χ4v) is 5.07. The average Bonchev–Trinajstić information content (AvgIpc) is 2.75. The molecule has 1 heterocycles. The minimum absolute atomic E-state index is 0.178. The third-order valence-electron chi connectivity index (χ3n) is 7.17. The lowest BCUT2D eigenvalue weighted by Gasteiger charge is -2.33. The van der Waals surface area contributed by atoms with Crippen LogP contribution in [0.1, 0.15) is 80.5 Å². The van der Waals surface area contributed by atoms with Gasteiger partial charge in [-0.1, -0.05) is 57.2 Å². The van der Waals surface area contributed by atoms with E-state index < -0.39 is 0 Å². The van der Waals surface area contributed by atoms with Gasteiger partial charge in [0, 0.05) is 0 Å². The fourth-order valence-electron chi connectivity index (χ4n) is 5.07. The van der Waals surface area contributed by atoms with Crippen molar-refractivity contribution in [3.63, 3.8) is 0 Å². The van der Waals surface area contributed by atoms with Gasteiger partial charge >= 0.3 is 5.97 Å². The van der Waals surface area contributed by atoms with Gasteiger partial charge in [-0.25, -0.2) is 4.39 Å². The highest BCUT2D eigenvalue weighted by Crippen LogP contribution is 2.44. The van der Waals surface area contributed by atoms with Crippen LogP contribution in [0.5, 0.6) is 5.75 Å². The van der Waals surface area contributed by atoms with Gasteiger partial charge in [0.25, 0.3) is 0 Å². The van der Waals surface area contributed by atoms with Crippen molar-refractivity contribution in [1.29, 1.82) is 0 Å². The summed E-state index contributed by atoms with van der Waals surface area (Å²) in [6.45, 7) is 6.34. The summed E-state index contributed by atoms with van der Waals surface area (Å²) < 4.78 is 20.5. The third-order valence-corrected chi connectivity index (χ3v) is 7.17. The van der Waals surface area contributed by atoms with Crippen LogP contribution >= 0.6 is 0 Å². The Kier molecular flexibility index (Phi) is 5.76. The predicted octanol–water partition coefficient (Wildman–Crippen LogP) is 6.56. The van der Waals surface area contributed by atoms with Crippen molar-refractivity contribution < 1.29 is 13.9 Å². The van der Waals surface area contributed by atoms with Crippen LogP contribution in [0.4, 0.5) is 4.39 Å². The lowest BCUT2D eigenvalue weighted by atomic mass is 9.72. The minimum atomic E-state index is -0.319. The van der Waals surface area contributed by atoms with E-state index in [0.29, 0.717) is 18.3 Å². The van der Waals surface area contributed by atoms with Crippen molar-refractivity contribution in [2.45, 2.75) is 71.1 Å². The van der Waals surface area contributed by atoms with Crippen molar-refractivity contribution in [2.75, 3.05) is 0 Å². The summed E-state index contributed by atoms with van der Waals surface area (Å²) in [7, 11) is 0. The van der Waals surface area contributed by atoms with Crippen LogP contribution in [0.2, 0.25) is 0 Å². The number of aryl methyl sites for hydroxylation is 1. The van der Waals surface area contributed by atoms with Gasteiger partial charge in [0.05, 0.1) is 5.92 Å². The molecule has 3 heteroatoms. The van der Waals surface area contributed by atoms with E-state index in [1.807, 2.05) is 19.1 Å². The molecule has 2 aromatic carbocycles. The van der Waals surface area contributed by atoms with E-state index in [-0.39, 0.29) is 29.4 Å².